The summed E-state index contributed by atoms with van der Waals surface area (Å²) in [6, 6.07) is 15.2. The normalized spacial score (nSPS) is 17.1. The average molecular weight is 496 g/mol. The summed E-state index contributed by atoms with van der Waals surface area (Å²) in [7, 11) is 1.15. The van der Waals surface area contributed by atoms with Gasteiger partial charge in [-0.05, 0) is 48.3 Å². The lowest BCUT2D eigenvalue weighted by atomic mass is 10.2. The van der Waals surface area contributed by atoms with Gasteiger partial charge in [0, 0.05) is 28.3 Å². The Bertz CT molecular complexity index is 1380. The van der Waals surface area contributed by atoms with Gasteiger partial charge in [0.2, 0.25) is 0 Å². The van der Waals surface area contributed by atoms with Gasteiger partial charge in [-0.25, -0.2) is 4.98 Å². The summed E-state index contributed by atoms with van der Waals surface area (Å²) >= 11 is 5.24. The second-order valence-electron chi connectivity index (χ2n) is 8.07. The van der Waals surface area contributed by atoms with Crippen LogP contribution in [0.5, 0.6) is 0 Å². The Morgan fingerprint density at radius 2 is 1.97 bits per heavy atom. The van der Waals surface area contributed by atoms with E-state index in [1.807, 2.05) is 46.9 Å². The molecule has 1 saturated heterocycles. The van der Waals surface area contributed by atoms with E-state index in [0.29, 0.717) is 12.1 Å². The standard InChI is InChI=1S/C24H21N3OS4/c1-27(7-8-28)21-13-20-23(31-21)22-19(32(20)9-4-10-32)12-16(29-22)11-15(14-25)24-26-17-5-2-3-6-18(17)30-24/h2-3,5-6,11-13,28H,4,7-10H2,1H3/b15-11+. The Balaban J connectivity index is 1.42. The molecule has 32 heavy (non-hydrogen) atoms. The number of benzene rings is 1. The number of nitriles is 1. The van der Waals surface area contributed by atoms with Crippen LogP contribution in [0.2, 0.25) is 0 Å². The van der Waals surface area contributed by atoms with Gasteiger partial charge in [0.15, 0.2) is 0 Å². The number of aliphatic hydroxyl groups excluding tert-OH is 1. The van der Waals surface area contributed by atoms with E-state index in [4.69, 9.17) is 0 Å². The number of fused-ring (bicyclic) bond motifs is 6. The Kier molecular flexibility index (Phi) is 4.93. The predicted octanol–water partition coefficient (Wildman–Crippen LogP) is 6.52. The molecule has 8 heteroatoms. The lowest BCUT2D eigenvalue weighted by molar-refractivity contribution is 0.304. The van der Waals surface area contributed by atoms with Gasteiger partial charge in [-0.15, -0.1) is 34.0 Å². The molecule has 1 spiro atoms. The monoisotopic (exact) mass is 495 g/mol. The Morgan fingerprint density at radius 1 is 1.19 bits per heavy atom. The fourth-order valence-corrected chi connectivity index (χ4v) is 12.6. The fourth-order valence-electron chi connectivity index (χ4n) is 4.43. The molecule has 0 amide bonds. The number of nitrogens with zero attached hydrogens (tertiary/aromatic N) is 3. The van der Waals surface area contributed by atoms with Gasteiger partial charge in [0.1, 0.15) is 11.1 Å². The quantitative estimate of drug-likeness (QED) is 0.320. The smallest absolute Gasteiger partial charge is 0.135 e. The molecular formula is C24H21N3OS4. The van der Waals surface area contributed by atoms with Gasteiger partial charge in [-0.2, -0.15) is 15.3 Å². The van der Waals surface area contributed by atoms with E-state index in [2.05, 4.69) is 41.2 Å². The molecule has 5 heterocycles. The molecule has 2 aliphatic rings. The van der Waals surface area contributed by atoms with Crippen molar-refractivity contribution in [2.24, 2.45) is 0 Å². The lowest BCUT2D eigenvalue weighted by Gasteiger charge is -2.45. The number of thiophene rings is 2. The number of anilines is 1. The Labute approximate surface area is 200 Å². The second kappa shape index (κ2) is 7.72. The summed E-state index contributed by atoms with van der Waals surface area (Å²) in [6.07, 6.45) is 3.32. The van der Waals surface area contributed by atoms with Gasteiger partial charge < -0.3 is 10.0 Å². The zero-order valence-electron chi connectivity index (χ0n) is 17.5. The van der Waals surface area contributed by atoms with Crippen molar-refractivity contribution >= 4 is 70.9 Å². The van der Waals surface area contributed by atoms with E-state index in [9.17, 15) is 10.4 Å². The van der Waals surface area contributed by atoms with Crippen LogP contribution in [-0.4, -0.2) is 41.8 Å². The molecule has 6 rings (SSSR count). The Morgan fingerprint density at radius 3 is 2.69 bits per heavy atom. The number of aromatic nitrogens is 1. The minimum absolute atomic E-state index is 0.166. The number of hydrogen-bond donors (Lipinski definition) is 1. The molecular weight excluding hydrogens is 475 g/mol. The fraction of sp³-hybridized carbons (Fsp3) is 0.250. The van der Waals surface area contributed by atoms with Crippen LogP contribution in [0.1, 0.15) is 16.3 Å². The van der Waals surface area contributed by atoms with Crippen molar-refractivity contribution in [3.05, 3.63) is 46.3 Å². The van der Waals surface area contributed by atoms with E-state index in [1.165, 1.54) is 37.6 Å². The highest BCUT2D eigenvalue weighted by molar-refractivity contribution is 8.35. The molecule has 0 atom stereocenters. The van der Waals surface area contributed by atoms with Crippen LogP contribution >= 0.6 is 44.0 Å². The summed E-state index contributed by atoms with van der Waals surface area (Å²) in [4.78, 5) is 13.9. The molecule has 3 aromatic heterocycles. The SMILES string of the molecule is CN(CCO)c1cc2c(s1)-c1sc(/C=C(\C#N)c3nc4ccccc4s3)cc1S21CCC1. The molecule has 4 nitrogen and oxygen atoms in total. The van der Waals surface area contributed by atoms with E-state index >= 15 is 0 Å². The molecule has 0 aliphatic carbocycles. The summed E-state index contributed by atoms with van der Waals surface area (Å²) in [5, 5.41) is 21.3. The highest BCUT2D eigenvalue weighted by Crippen LogP contribution is 2.79. The number of hydrogen-bond acceptors (Lipinski definition) is 7. The van der Waals surface area contributed by atoms with Gasteiger partial charge in [-0.3, -0.25) is 0 Å². The Hall–Kier alpha value is -2.15. The van der Waals surface area contributed by atoms with Crippen molar-refractivity contribution in [2.45, 2.75) is 16.2 Å². The van der Waals surface area contributed by atoms with Crippen LogP contribution in [0.25, 0.3) is 31.6 Å². The first kappa shape index (κ1) is 20.5. The van der Waals surface area contributed by atoms with Crippen LogP contribution in [0, 0.1) is 11.3 Å². The van der Waals surface area contributed by atoms with Gasteiger partial charge in [-0.1, -0.05) is 12.1 Å². The van der Waals surface area contributed by atoms with Crippen LogP contribution in [-0.2, 0) is 0 Å². The van der Waals surface area contributed by atoms with Crippen molar-refractivity contribution in [3.63, 3.8) is 0 Å². The molecule has 1 fully saturated rings. The first-order valence-corrected chi connectivity index (χ1v) is 14.9. The number of para-hydroxylation sites is 1. The van der Waals surface area contributed by atoms with Crippen molar-refractivity contribution < 1.29 is 5.11 Å². The molecule has 4 aromatic rings. The van der Waals surface area contributed by atoms with E-state index in [0.717, 1.165) is 20.1 Å². The zero-order valence-corrected chi connectivity index (χ0v) is 20.8. The molecule has 0 saturated carbocycles. The third-order valence-corrected chi connectivity index (χ3v) is 14.3. The zero-order chi connectivity index (χ0) is 21.9. The van der Waals surface area contributed by atoms with Crippen LogP contribution in [0.4, 0.5) is 5.00 Å². The largest absolute Gasteiger partial charge is 0.395 e. The number of aliphatic hydroxyl groups is 1. The first-order valence-electron chi connectivity index (χ1n) is 10.5. The summed E-state index contributed by atoms with van der Waals surface area (Å²) in [6.45, 7) is 0.819. The van der Waals surface area contributed by atoms with Gasteiger partial charge in [0.25, 0.3) is 0 Å². The minimum atomic E-state index is -0.908. The maximum atomic E-state index is 9.88. The summed E-state index contributed by atoms with van der Waals surface area (Å²) < 4.78 is 1.11. The summed E-state index contributed by atoms with van der Waals surface area (Å²) in [5.41, 5.74) is 1.58. The van der Waals surface area contributed by atoms with E-state index < -0.39 is 10.0 Å². The summed E-state index contributed by atoms with van der Waals surface area (Å²) in [5.74, 6) is 2.55. The number of rotatable bonds is 5. The first-order chi connectivity index (χ1) is 15.6. The average Bonchev–Trinajstić information content (AvgIpc) is 3.50. The number of allylic oxidation sites excluding steroid dienone is 1. The van der Waals surface area contributed by atoms with Crippen LogP contribution < -0.4 is 4.90 Å². The maximum absolute atomic E-state index is 9.88. The highest BCUT2D eigenvalue weighted by Gasteiger charge is 2.46. The molecule has 1 N–H and O–H groups in total. The van der Waals surface area contributed by atoms with Crippen molar-refractivity contribution in [1.29, 1.82) is 5.26 Å². The topological polar surface area (TPSA) is 60.1 Å². The third kappa shape index (κ3) is 3.00. The van der Waals surface area contributed by atoms with Crippen molar-refractivity contribution in [1.82, 2.24) is 4.98 Å². The van der Waals surface area contributed by atoms with Gasteiger partial charge in [0.05, 0.1) is 37.2 Å². The van der Waals surface area contributed by atoms with Crippen molar-refractivity contribution in [3.8, 4) is 15.8 Å². The molecule has 2 aliphatic heterocycles. The van der Waals surface area contributed by atoms with E-state index in [-0.39, 0.29) is 6.61 Å². The highest BCUT2D eigenvalue weighted by atomic mass is 32.3. The molecule has 0 bridgehead atoms. The number of likely N-dealkylation sites (N-methyl/N-ethyl adjacent to an activating group) is 1. The number of thiazole rings is 1. The van der Waals surface area contributed by atoms with Gasteiger partial charge >= 0.3 is 0 Å². The third-order valence-electron chi connectivity index (χ3n) is 6.18. The molecule has 0 unspecified atom stereocenters. The molecule has 1 aromatic carbocycles. The van der Waals surface area contributed by atoms with E-state index in [1.54, 1.807) is 16.2 Å². The maximum Gasteiger partial charge on any atom is 0.135 e. The molecule has 0 radical (unpaired) electrons. The van der Waals surface area contributed by atoms with Crippen LogP contribution in [0.15, 0.2) is 46.2 Å². The molecule has 162 valence electrons. The second-order valence-corrected chi connectivity index (χ2v) is 14.7. The van der Waals surface area contributed by atoms with Crippen LogP contribution in [0.3, 0.4) is 0 Å². The predicted molar refractivity (Wildman–Crippen MR) is 140 cm³/mol. The van der Waals surface area contributed by atoms with Crippen molar-refractivity contribution in [2.75, 3.05) is 36.6 Å². The lowest BCUT2D eigenvalue weighted by Crippen LogP contribution is -2.21. The minimum Gasteiger partial charge on any atom is -0.395 e.